The summed E-state index contributed by atoms with van der Waals surface area (Å²) in [5.41, 5.74) is 8.10. The van der Waals surface area contributed by atoms with E-state index in [1.807, 2.05) is 26.0 Å². The van der Waals surface area contributed by atoms with Gasteiger partial charge in [0.05, 0.1) is 5.25 Å². The molecule has 0 bridgehead atoms. The average molecular weight is 276 g/mol. The lowest BCUT2D eigenvalue weighted by atomic mass is 10.2. The molecule has 0 saturated carbocycles. The van der Waals surface area contributed by atoms with Gasteiger partial charge in [0.2, 0.25) is 5.91 Å². The zero-order valence-corrected chi connectivity index (χ0v) is 11.6. The molecule has 1 atom stereocenters. The molecule has 1 amide bonds. The van der Waals surface area contributed by atoms with Gasteiger partial charge in [-0.05, 0) is 37.6 Å². The number of amides is 1. The van der Waals surface area contributed by atoms with E-state index >= 15 is 0 Å². The zero-order chi connectivity index (χ0) is 13.8. The van der Waals surface area contributed by atoms with Gasteiger partial charge in [-0.1, -0.05) is 11.8 Å². The second-order valence-electron chi connectivity index (χ2n) is 4.22. The minimum atomic E-state index is -0.233. The molecule has 0 spiro atoms. The minimum Gasteiger partial charge on any atom is -0.399 e. The van der Waals surface area contributed by atoms with Gasteiger partial charge in [-0.3, -0.25) is 4.79 Å². The fourth-order valence-corrected chi connectivity index (χ4v) is 2.36. The number of anilines is 2. The molecule has 1 heterocycles. The number of aromatic nitrogens is 2. The topological polar surface area (TPSA) is 83.8 Å². The molecule has 2 aromatic rings. The summed E-state index contributed by atoms with van der Waals surface area (Å²) in [5, 5.41) is 3.39. The van der Waals surface area contributed by atoms with E-state index in [0.717, 1.165) is 16.4 Å². The largest absolute Gasteiger partial charge is 0.399 e. The molecular formula is C13H16N4OS. The number of thioether (sulfide) groups is 1. The third-order valence-electron chi connectivity index (χ3n) is 2.64. The fraction of sp³-hybridized carbons (Fsp3) is 0.231. The van der Waals surface area contributed by atoms with Crippen molar-refractivity contribution in [3.63, 3.8) is 0 Å². The van der Waals surface area contributed by atoms with E-state index in [-0.39, 0.29) is 11.2 Å². The van der Waals surface area contributed by atoms with Gasteiger partial charge in [-0.15, -0.1) is 0 Å². The number of H-pyrrole nitrogens is 1. The van der Waals surface area contributed by atoms with Crippen molar-refractivity contribution in [3.05, 3.63) is 36.2 Å². The highest BCUT2D eigenvalue weighted by atomic mass is 32.2. The summed E-state index contributed by atoms with van der Waals surface area (Å²) < 4.78 is 0. The monoisotopic (exact) mass is 276 g/mol. The molecular weight excluding hydrogens is 260 g/mol. The van der Waals surface area contributed by atoms with Crippen LogP contribution in [0.25, 0.3) is 0 Å². The number of nitrogens with one attached hydrogen (secondary N) is 2. The Kier molecular flexibility index (Phi) is 4.11. The van der Waals surface area contributed by atoms with Crippen molar-refractivity contribution in [3.8, 4) is 0 Å². The molecule has 0 radical (unpaired) electrons. The lowest BCUT2D eigenvalue weighted by molar-refractivity contribution is -0.115. The van der Waals surface area contributed by atoms with Gasteiger partial charge in [-0.25, -0.2) is 4.98 Å². The SMILES string of the molecule is Cc1cc(N)ccc1NC(=O)C(C)Sc1ncc[nH]1. The first-order valence-corrected chi connectivity index (χ1v) is 6.77. The molecule has 19 heavy (non-hydrogen) atoms. The van der Waals surface area contributed by atoms with Crippen LogP contribution in [0.4, 0.5) is 11.4 Å². The van der Waals surface area contributed by atoms with Crippen LogP contribution in [0.1, 0.15) is 12.5 Å². The van der Waals surface area contributed by atoms with Gasteiger partial charge in [0.25, 0.3) is 0 Å². The normalized spacial score (nSPS) is 12.1. The molecule has 2 rings (SSSR count). The first kappa shape index (κ1) is 13.5. The summed E-state index contributed by atoms with van der Waals surface area (Å²) >= 11 is 1.38. The summed E-state index contributed by atoms with van der Waals surface area (Å²) in [5.74, 6) is -0.0609. The maximum absolute atomic E-state index is 12.1. The third kappa shape index (κ3) is 3.51. The lowest BCUT2D eigenvalue weighted by Gasteiger charge is -2.12. The van der Waals surface area contributed by atoms with E-state index in [0.29, 0.717) is 5.69 Å². The van der Waals surface area contributed by atoms with Crippen LogP contribution in [-0.2, 0) is 4.79 Å². The number of nitrogen functional groups attached to an aromatic ring is 1. The zero-order valence-electron chi connectivity index (χ0n) is 10.8. The Bertz CT molecular complexity index is 568. The molecule has 0 aliphatic heterocycles. The Morgan fingerprint density at radius 3 is 2.95 bits per heavy atom. The number of imidazole rings is 1. The van der Waals surface area contributed by atoms with Crippen molar-refractivity contribution in [2.75, 3.05) is 11.1 Å². The molecule has 6 heteroatoms. The number of carbonyl (C=O) groups excluding carboxylic acids is 1. The van der Waals surface area contributed by atoms with E-state index in [4.69, 9.17) is 5.73 Å². The second kappa shape index (κ2) is 5.79. The highest BCUT2D eigenvalue weighted by molar-refractivity contribution is 8.00. The van der Waals surface area contributed by atoms with Gasteiger partial charge < -0.3 is 16.0 Å². The quantitative estimate of drug-likeness (QED) is 0.591. The van der Waals surface area contributed by atoms with Crippen LogP contribution in [0, 0.1) is 6.92 Å². The Hall–Kier alpha value is -1.95. The summed E-state index contributed by atoms with van der Waals surface area (Å²) in [6, 6.07) is 5.42. The standard InChI is InChI=1S/C13H16N4OS/c1-8-7-10(14)3-4-11(8)17-12(18)9(2)19-13-15-5-6-16-13/h3-7,9H,14H2,1-2H3,(H,15,16)(H,17,18). The summed E-state index contributed by atoms with van der Waals surface area (Å²) in [6.45, 7) is 3.76. The number of carbonyl (C=O) groups is 1. The van der Waals surface area contributed by atoms with Gasteiger partial charge in [0, 0.05) is 23.8 Å². The number of nitrogens with zero attached hydrogens (tertiary/aromatic N) is 1. The summed E-state index contributed by atoms with van der Waals surface area (Å²) in [7, 11) is 0. The Morgan fingerprint density at radius 1 is 1.53 bits per heavy atom. The van der Waals surface area contributed by atoms with E-state index in [2.05, 4.69) is 15.3 Å². The smallest absolute Gasteiger partial charge is 0.237 e. The van der Waals surface area contributed by atoms with E-state index in [1.165, 1.54) is 11.8 Å². The average Bonchev–Trinajstić information content (AvgIpc) is 2.85. The van der Waals surface area contributed by atoms with Crippen molar-refractivity contribution in [1.82, 2.24) is 9.97 Å². The second-order valence-corrected chi connectivity index (χ2v) is 5.55. The van der Waals surface area contributed by atoms with Crippen LogP contribution < -0.4 is 11.1 Å². The molecule has 0 aliphatic carbocycles. The Labute approximate surface area is 116 Å². The third-order valence-corrected chi connectivity index (χ3v) is 3.65. The number of nitrogens with two attached hydrogens (primary N) is 1. The molecule has 5 nitrogen and oxygen atoms in total. The minimum absolute atomic E-state index is 0.0609. The van der Waals surface area contributed by atoms with Crippen molar-refractivity contribution >= 4 is 29.0 Å². The molecule has 0 aliphatic rings. The number of hydrogen-bond acceptors (Lipinski definition) is 4. The molecule has 0 saturated heterocycles. The molecule has 1 aromatic carbocycles. The van der Waals surface area contributed by atoms with Crippen molar-refractivity contribution < 1.29 is 4.79 Å². The van der Waals surface area contributed by atoms with Crippen molar-refractivity contribution in [2.24, 2.45) is 0 Å². The van der Waals surface area contributed by atoms with Crippen molar-refractivity contribution in [1.29, 1.82) is 0 Å². The summed E-state index contributed by atoms with van der Waals surface area (Å²) in [6.07, 6.45) is 3.40. The fourth-order valence-electron chi connectivity index (χ4n) is 1.60. The number of benzene rings is 1. The molecule has 4 N–H and O–H groups in total. The van der Waals surface area contributed by atoms with Crippen LogP contribution in [0.3, 0.4) is 0 Å². The number of rotatable bonds is 4. The first-order chi connectivity index (χ1) is 9.06. The van der Waals surface area contributed by atoms with E-state index in [9.17, 15) is 4.79 Å². The molecule has 1 unspecified atom stereocenters. The molecule has 100 valence electrons. The first-order valence-electron chi connectivity index (χ1n) is 5.89. The lowest BCUT2D eigenvalue weighted by Crippen LogP contribution is -2.23. The van der Waals surface area contributed by atoms with Gasteiger partial charge in [0.15, 0.2) is 5.16 Å². The van der Waals surface area contributed by atoms with Crippen LogP contribution in [-0.4, -0.2) is 21.1 Å². The number of aromatic amines is 1. The van der Waals surface area contributed by atoms with Gasteiger partial charge >= 0.3 is 0 Å². The number of aryl methyl sites for hydroxylation is 1. The van der Waals surface area contributed by atoms with E-state index < -0.39 is 0 Å². The predicted octanol–water partition coefficient (Wildman–Crippen LogP) is 2.42. The van der Waals surface area contributed by atoms with Crippen LogP contribution in [0.15, 0.2) is 35.7 Å². The van der Waals surface area contributed by atoms with Crippen molar-refractivity contribution in [2.45, 2.75) is 24.3 Å². The van der Waals surface area contributed by atoms with Crippen LogP contribution >= 0.6 is 11.8 Å². The van der Waals surface area contributed by atoms with Crippen LogP contribution in [0.5, 0.6) is 0 Å². The number of hydrogen-bond donors (Lipinski definition) is 3. The highest BCUT2D eigenvalue weighted by Crippen LogP contribution is 2.22. The van der Waals surface area contributed by atoms with Gasteiger partial charge in [0.1, 0.15) is 0 Å². The predicted molar refractivity (Wildman–Crippen MR) is 78.1 cm³/mol. The van der Waals surface area contributed by atoms with Gasteiger partial charge in [-0.2, -0.15) is 0 Å². The van der Waals surface area contributed by atoms with E-state index in [1.54, 1.807) is 18.5 Å². The molecule has 1 aromatic heterocycles. The Morgan fingerprint density at radius 2 is 2.32 bits per heavy atom. The summed E-state index contributed by atoms with van der Waals surface area (Å²) in [4.78, 5) is 19.1. The maximum atomic E-state index is 12.1. The maximum Gasteiger partial charge on any atom is 0.237 e. The van der Waals surface area contributed by atoms with Crippen LogP contribution in [0.2, 0.25) is 0 Å². The Balaban J connectivity index is 2.00. The molecule has 0 fully saturated rings. The highest BCUT2D eigenvalue weighted by Gasteiger charge is 2.16.